The van der Waals surface area contributed by atoms with E-state index in [0.29, 0.717) is 6.54 Å². The monoisotopic (exact) mass is 717 g/mol. The molecule has 0 amide bonds. The van der Waals surface area contributed by atoms with Crippen LogP contribution in [0.1, 0.15) is 39.8 Å². The summed E-state index contributed by atoms with van der Waals surface area (Å²) in [5.74, 6) is 0.121. The summed E-state index contributed by atoms with van der Waals surface area (Å²) in [4.78, 5) is 0. The summed E-state index contributed by atoms with van der Waals surface area (Å²) in [6.45, 7) is 2.65. The van der Waals surface area contributed by atoms with Crippen LogP contribution in [0.4, 0.5) is 0 Å². The second-order valence-electron chi connectivity index (χ2n) is 13.9. The molecule has 9 aromatic rings. The highest BCUT2D eigenvalue weighted by molar-refractivity contribution is 7.25. The highest BCUT2D eigenvalue weighted by Gasteiger charge is 2.21. The zero-order chi connectivity index (χ0) is 36.8. The van der Waals surface area contributed by atoms with E-state index < -0.39 is 0 Å². The van der Waals surface area contributed by atoms with E-state index >= 15 is 0 Å². The van der Waals surface area contributed by atoms with Gasteiger partial charge in [-0.1, -0.05) is 121 Å². The lowest BCUT2D eigenvalue weighted by Gasteiger charge is -2.24. The molecule has 0 saturated heterocycles. The van der Waals surface area contributed by atoms with Gasteiger partial charge in [-0.05, 0) is 106 Å². The smallest absolute Gasteiger partial charge is 0.135 e. The molecule has 2 aromatic heterocycles. The summed E-state index contributed by atoms with van der Waals surface area (Å²) in [6.07, 6.45) is 9.00. The van der Waals surface area contributed by atoms with Crippen molar-refractivity contribution in [1.82, 2.24) is 0 Å². The maximum absolute atomic E-state index is 7.01. The zero-order valence-electron chi connectivity index (χ0n) is 30.0. The van der Waals surface area contributed by atoms with E-state index in [0.717, 1.165) is 45.9 Å². The molecule has 5 N–H and O–H groups in total. The molecule has 0 spiro atoms. The number of nitrogens with one attached hydrogen (secondary N) is 1. The Hall–Kier alpha value is -6.27. The van der Waals surface area contributed by atoms with Crippen molar-refractivity contribution >= 4 is 81.7 Å². The molecule has 0 fully saturated rings. The molecule has 2 heterocycles. The van der Waals surface area contributed by atoms with Gasteiger partial charge in [-0.3, -0.25) is 5.41 Å². The fraction of sp³-hybridized carbons (Fsp3) is 0.0816. The van der Waals surface area contributed by atoms with Crippen LogP contribution in [0.25, 0.3) is 75.7 Å². The molecule has 2 aliphatic rings. The maximum atomic E-state index is 7.01. The molecule has 4 nitrogen and oxygen atoms in total. The fourth-order valence-corrected chi connectivity index (χ4v) is 9.06. The Balaban J connectivity index is 0.000000137. The van der Waals surface area contributed by atoms with Crippen LogP contribution in [-0.2, 0) is 13.0 Å². The van der Waals surface area contributed by atoms with Crippen LogP contribution in [0.15, 0.2) is 150 Å². The predicted molar refractivity (Wildman–Crippen MR) is 231 cm³/mol. The van der Waals surface area contributed by atoms with Gasteiger partial charge < -0.3 is 15.9 Å². The summed E-state index contributed by atoms with van der Waals surface area (Å²) in [6, 6.07) is 46.4. The first-order valence-electron chi connectivity index (χ1n) is 18.3. The van der Waals surface area contributed by atoms with E-state index in [9.17, 15) is 0 Å². The minimum absolute atomic E-state index is 0.121. The van der Waals surface area contributed by atoms with Crippen molar-refractivity contribution in [3.63, 3.8) is 0 Å². The number of nitrogens with two attached hydrogens (primary N) is 2. The van der Waals surface area contributed by atoms with Crippen LogP contribution in [0.2, 0.25) is 0 Å². The average molecular weight is 718 g/mol. The lowest BCUT2D eigenvalue weighted by molar-refractivity contribution is 0.668. The Morgan fingerprint density at radius 1 is 0.704 bits per heavy atom. The van der Waals surface area contributed by atoms with Crippen molar-refractivity contribution in [1.29, 1.82) is 5.41 Å². The quantitative estimate of drug-likeness (QED) is 0.126. The van der Waals surface area contributed by atoms with Crippen molar-refractivity contribution in [2.24, 2.45) is 11.5 Å². The first kappa shape index (κ1) is 33.6. The summed E-state index contributed by atoms with van der Waals surface area (Å²) in [5, 5.41) is 14.8. The Morgan fingerprint density at radius 2 is 1.54 bits per heavy atom. The number of fused-ring (bicyclic) bond motifs is 6. The molecule has 0 saturated carbocycles. The van der Waals surface area contributed by atoms with Crippen LogP contribution >= 0.6 is 11.3 Å². The Labute approximate surface area is 318 Å². The third-order valence-corrected chi connectivity index (χ3v) is 11.7. The largest absolute Gasteiger partial charge is 0.456 e. The summed E-state index contributed by atoms with van der Waals surface area (Å²) >= 11 is 1.87. The molecule has 54 heavy (non-hydrogen) atoms. The van der Waals surface area contributed by atoms with E-state index in [-0.39, 0.29) is 5.84 Å². The van der Waals surface area contributed by atoms with Gasteiger partial charge >= 0.3 is 0 Å². The number of aryl methyl sites for hydroxylation is 1. The normalized spacial score (nSPS) is 12.7. The third-order valence-electron chi connectivity index (χ3n) is 10.6. The van der Waals surface area contributed by atoms with Gasteiger partial charge in [-0.15, -0.1) is 11.3 Å². The molecule has 0 unspecified atom stereocenters. The van der Waals surface area contributed by atoms with E-state index in [2.05, 4.69) is 116 Å². The van der Waals surface area contributed by atoms with Crippen molar-refractivity contribution in [3.05, 3.63) is 179 Å². The van der Waals surface area contributed by atoms with Gasteiger partial charge in [-0.25, -0.2) is 0 Å². The average Bonchev–Trinajstić information content (AvgIpc) is 3.78. The molecular formula is C49H39N3OS. The Kier molecular flexibility index (Phi) is 8.66. The van der Waals surface area contributed by atoms with Crippen LogP contribution in [0.3, 0.4) is 0 Å². The number of rotatable bonds is 3. The SMILES string of the molecule is Cc1ccc2sc3ccccc3c2c1.N=C(N)c1ccccc1.NCc1cccc2oc3ccc(-c4ccc5c6c7c(ccc46)C=CCC7=CC5)cc3c12. The molecule has 5 heteroatoms. The van der Waals surface area contributed by atoms with E-state index in [4.69, 9.17) is 21.3 Å². The molecular weight excluding hydrogens is 679 g/mol. The number of nitrogen functional groups attached to an aromatic ring is 1. The van der Waals surface area contributed by atoms with Crippen LogP contribution in [0.5, 0.6) is 0 Å². The number of benzene rings is 7. The second-order valence-corrected chi connectivity index (χ2v) is 15.0. The Bertz CT molecular complexity index is 2960. The lowest BCUT2D eigenvalue weighted by atomic mass is 9.80. The van der Waals surface area contributed by atoms with Crippen LogP contribution in [0, 0.1) is 12.3 Å². The van der Waals surface area contributed by atoms with E-state index in [1.165, 1.54) is 69.9 Å². The second kappa shape index (κ2) is 13.9. The lowest BCUT2D eigenvalue weighted by Crippen LogP contribution is -2.10. The van der Waals surface area contributed by atoms with Gasteiger partial charge in [0.15, 0.2) is 0 Å². The number of hydrogen-bond acceptors (Lipinski definition) is 4. The molecule has 7 aromatic carbocycles. The first-order chi connectivity index (χ1) is 26.5. The number of hydrogen-bond donors (Lipinski definition) is 3. The van der Waals surface area contributed by atoms with Crippen molar-refractivity contribution in [2.45, 2.75) is 26.3 Å². The molecule has 0 atom stereocenters. The van der Waals surface area contributed by atoms with Gasteiger partial charge in [0.1, 0.15) is 17.0 Å². The molecule has 0 radical (unpaired) electrons. The highest BCUT2D eigenvalue weighted by Crippen LogP contribution is 2.44. The van der Waals surface area contributed by atoms with E-state index in [1.807, 2.05) is 53.8 Å². The number of furan rings is 1. The highest BCUT2D eigenvalue weighted by atomic mass is 32.1. The molecule has 0 bridgehead atoms. The Morgan fingerprint density at radius 3 is 2.37 bits per heavy atom. The van der Waals surface area contributed by atoms with Crippen LogP contribution in [-0.4, -0.2) is 5.84 Å². The van der Waals surface area contributed by atoms with Gasteiger partial charge in [0.2, 0.25) is 0 Å². The van der Waals surface area contributed by atoms with Gasteiger partial charge in [0, 0.05) is 43.1 Å². The predicted octanol–water partition coefficient (Wildman–Crippen LogP) is 12.6. The maximum Gasteiger partial charge on any atom is 0.135 e. The summed E-state index contributed by atoms with van der Waals surface area (Å²) in [7, 11) is 0. The molecule has 2 aliphatic carbocycles. The minimum atomic E-state index is 0.121. The van der Waals surface area contributed by atoms with Crippen molar-refractivity contribution < 1.29 is 4.42 Å². The summed E-state index contributed by atoms with van der Waals surface area (Å²) < 4.78 is 8.89. The van der Waals surface area contributed by atoms with Crippen molar-refractivity contribution in [2.75, 3.05) is 0 Å². The minimum Gasteiger partial charge on any atom is -0.456 e. The van der Waals surface area contributed by atoms with E-state index in [1.54, 1.807) is 0 Å². The summed E-state index contributed by atoms with van der Waals surface area (Å²) in [5.41, 5.74) is 24.4. The number of allylic oxidation sites excluding steroid dienone is 3. The fourth-order valence-electron chi connectivity index (χ4n) is 7.97. The van der Waals surface area contributed by atoms with Gasteiger partial charge in [-0.2, -0.15) is 0 Å². The van der Waals surface area contributed by atoms with Crippen molar-refractivity contribution in [3.8, 4) is 11.1 Å². The molecule has 262 valence electrons. The first-order valence-corrected chi connectivity index (χ1v) is 19.1. The number of thiophene rings is 1. The standard InChI is InChI=1S/C29H21NO.C13H10S.C7H8N2/c30-16-21-5-2-6-26-28(21)24-15-20(11-14-25(24)31-26)22-12-9-19-8-7-17-3-1-4-18-10-13-23(22)29(19)27(17)18;1-9-6-7-13-11(8-9)10-4-2-3-5-12(10)14-13;8-7(9)6-4-2-1-3-5-6/h1-2,4-7,9-15H,3,8,16,30H2;2-8H,1H3;1-5H,(H3,8,9). The van der Waals surface area contributed by atoms with Crippen LogP contribution < -0.4 is 11.5 Å². The van der Waals surface area contributed by atoms with Gasteiger partial charge in [0.25, 0.3) is 0 Å². The zero-order valence-corrected chi connectivity index (χ0v) is 30.8. The molecule has 11 rings (SSSR count). The van der Waals surface area contributed by atoms with Gasteiger partial charge in [0.05, 0.1) is 0 Å². The third kappa shape index (κ3) is 5.98. The topological polar surface area (TPSA) is 89.0 Å². The number of amidine groups is 1. The molecule has 0 aliphatic heterocycles.